The number of aromatic amines is 2. The summed E-state index contributed by atoms with van der Waals surface area (Å²) in [6.07, 6.45) is 0.822. The molecule has 0 saturated heterocycles. The average molecular weight is 916 g/mol. The lowest BCUT2D eigenvalue weighted by atomic mass is 10.0. The van der Waals surface area contributed by atoms with Gasteiger partial charge in [0.25, 0.3) is 17.7 Å². The van der Waals surface area contributed by atoms with Gasteiger partial charge in [0, 0.05) is 105 Å². The number of H-pyrrole nitrogens is 2. The van der Waals surface area contributed by atoms with Crippen LogP contribution in [-0.4, -0.2) is 105 Å². The SMILES string of the molecule is COCc1cc(C(=O)Nc2cc([C@@H]3C[C@H](F)[C@H](Oc4nn(C)cc4C(C)C[n+]4ccc(C(C)C)c(O[C@H]5C[C@@H](c6cc(NC(=O)c7cc(COC)nn7C)n[nH]6)C[C@H]5F)n4)C3)[nH]n2)n(C)n1. The molecule has 352 valence electrons. The van der Waals surface area contributed by atoms with Crippen LogP contribution >= 0.6 is 0 Å². The van der Waals surface area contributed by atoms with Crippen molar-refractivity contribution in [3.8, 4) is 11.8 Å². The number of alkyl halides is 2. The Morgan fingerprint density at radius 3 is 1.77 bits per heavy atom. The number of amides is 2. The maximum Gasteiger partial charge on any atom is 0.282 e. The van der Waals surface area contributed by atoms with Crippen LogP contribution in [0.5, 0.6) is 11.8 Å². The maximum atomic E-state index is 15.8. The summed E-state index contributed by atoms with van der Waals surface area (Å²) < 4.78 is 60.8. The van der Waals surface area contributed by atoms with E-state index in [2.05, 4.69) is 46.3 Å². The Kier molecular flexibility index (Phi) is 13.6. The monoisotopic (exact) mass is 915 g/mol. The summed E-state index contributed by atoms with van der Waals surface area (Å²) in [5, 5.41) is 38.1. The molecule has 6 heterocycles. The molecular formula is C44H57F2N14O6+. The Morgan fingerprint density at radius 1 is 0.758 bits per heavy atom. The van der Waals surface area contributed by atoms with Crippen LogP contribution in [0, 0.1) is 0 Å². The number of nitrogens with one attached hydrogen (secondary N) is 4. The van der Waals surface area contributed by atoms with E-state index >= 15 is 8.78 Å². The summed E-state index contributed by atoms with van der Waals surface area (Å²) in [5.74, 6) is -0.0248. The van der Waals surface area contributed by atoms with E-state index in [4.69, 9.17) is 24.0 Å². The largest absolute Gasteiger partial charge is 0.470 e. The van der Waals surface area contributed by atoms with E-state index in [1.54, 1.807) is 69.0 Å². The first-order valence-corrected chi connectivity index (χ1v) is 22.0. The number of aryl methyl sites for hydroxylation is 3. The summed E-state index contributed by atoms with van der Waals surface area (Å²) in [5.41, 5.74) is 4.95. The highest BCUT2D eigenvalue weighted by Gasteiger charge is 2.41. The van der Waals surface area contributed by atoms with Crippen molar-refractivity contribution in [2.45, 2.75) is 114 Å². The molecule has 6 aromatic rings. The molecule has 2 aliphatic rings. The van der Waals surface area contributed by atoms with Crippen molar-refractivity contribution < 1.29 is 42.0 Å². The normalized spacial score (nSPS) is 21.1. The lowest BCUT2D eigenvalue weighted by Crippen LogP contribution is -2.41. The number of carbonyl (C=O) groups is 2. The van der Waals surface area contributed by atoms with Gasteiger partial charge < -0.3 is 29.6 Å². The van der Waals surface area contributed by atoms with E-state index in [9.17, 15) is 9.59 Å². The lowest BCUT2D eigenvalue weighted by Gasteiger charge is -2.18. The van der Waals surface area contributed by atoms with Gasteiger partial charge in [-0.15, -0.1) is 5.10 Å². The first-order chi connectivity index (χ1) is 31.7. The molecular weight excluding hydrogens is 859 g/mol. The number of ether oxygens (including phenoxy) is 4. The van der Waals surface area contributed by atoms with Crippen LogP contribution in [0.15, 0.2) is 42.7 Å². The molecule has 2 amide bonds. The van der Waals surface area contributed by atoms with Crippen LogP contribution in [-0.2, 0) is 50.4 Å². The molecule has 4 N–H and O–H groups in total. The number of aromatic nitrogens is 12. The fourth-order valence-electron chi connectivity index (χ4n) is 8.80. The Balaban J connectivity index is 0.884. The third kappa shape index (κ3) is 10.1. The summed E-state index contributed by atoms with van der Waals surface area (Å²) in [7, 11) is 8.26. The first kappa shape index (κ1) is 46.0. The van der Waals surface area contributed by atoms with Crippen LogP contribution in [0.25, 0.3) is 0 Å². The minimum Gasteiger partial charge on any atom is -0.470 e. The van der Waals surface area contributed by atoms with Gasteiger partial charge in [0.2, 0.25) is 5.88 Å². The average Bonchev–Trinajstić information content (AvgIpc) is 4.14. The Labute approximate surface area is 379 Å². The predicted molar refractivity (Wildman–Crippen MR) is 234 cm³/mol. The zero-order chi connectivity index (χ0) is 46.8. The number of carbonyl (C=O) groups excluding carboxylic acids is 2. The smallest absolute Gasteiger partial charge is 0.282 e. The van der Waals surface area contributed by atoms with Crippen LogP contribution in [0.4, 0.5) is 20.4 Å². The Hall–Kier alpha value is -6.55. The maximum absolute atomic E-state index is 15.8. The van der Waals surface area contributed by atoms with E-state index in [0.717, 1.165) is 11.1 Å². The second-order valence-electron chi connectivity index (χ2n) is 17.6. The van der Waals surface area contributed by atoms with Crippen LogP contribution in [0.1, 0.15) is 125 Å². The molecule has 0 spiro atoms. The van der Waals surface area contributed by atoms with Gasteiger partial charge in [0.1, 0.15) is 35.9 Å². The van der Waals surface area contributed by atoms with E-state index in [-0.39, 0.29) is 61.5 Å². The number of anilines is 2. The second-order valence-corrected chi connectivity index (χ2v) is 17.6. The summed E-state index contributed by atoms with van der Waals surface area (Å²) >= 11 is 0. The zero-order valence-corrected chi connectivity index (χ0v) is 38.3. The predicted octanol–water partition coefficient (Wildman–Crippen LogP) is 5.07. The fraction of sp³-hybridized carbons (Fsp3) is 0.523. The topological polar surface area (TPSA) is 223 Å². The first-order valence-electron chi connectivity index (χ1n) is 22.0. The molecule has 2 fully saturated rings. The van der Waals surface area contributed by atoms with Gasteiger partial charge in [0.05, 0.1) is 24.6 Å². The number of hydrogen-bond donors (Lipinski definition) is 4. The van der Waals surface area contributed by atoms with E-state index in [1.165, 1.54) is 9.36 Å². The van der Waals surface area contributed by atoms with Gasteiger partial charge in [-0.3, -0.25) is 33.8 Å². The summed E-state index contributed by atoms with van der Waals surface area (Å²) in [4.78, 5) is 26.0. The van der Waals surface area contributed by atoms with Crippen molar-refractivity contribution in [2.24, 2.45) is 21.1 Å². The number of rotatable bonds is 18. The minimum atomic E-state index is -1.27. The fourth-order valence-corrected chi connectivity index (χ4v) is 8.80. The van der Waals surface area contributed by atoms with Crippen molar-refractivity contribution in [3.05, 3.63) is 88.0 Å². The molecule has 6 aromatic heterocycles. The third-order valence-electron chi connectivity index (χ3n) is 12.2. The summed E-state index contributed by atoms with van der Waals surface area (Å²) in [6, 6.07) is 8.69. The molecule has 0 bridgehead atoms. The molecule has 0 aliphatic heterocycles. The van der Waals surface area contributed by atoms with Crippen molar-refractivity contribution in [3.63, 3.8) is 0 Å². The van der Waals surface area contributed by atoms with Crippen molar-refractivity contribution in [1.29, 1.82) is 0 Å². The summed E-state index contributed by atoms with van der Waals surface area (Å²) in [6.45, 7) is 7.03. The van der Waals surface area contributed by atoms with Crippen LogP contribution < -0.4 is 24.8 Å². The highest BCUT2D eigenvalue weighted by Crippen LogP contribution is 2.41. The molecule has 20 nitrogen and oxygen atoms in total. The highest BCUT2D eigenvalue weighted by atomic mass is 19.1. The van der Waals surface area contributed by atoms with Gasteiger partial charge >= 0.3 is 0 Å². The standard InChI is InChI=1S/C44H56F2N14O6/c1-23(2)29-9-10-60(56-43(29)65-37-13-25(11-31(37)45)33-17-39(51-49-33)47-41(61)35-15-27(21-63-7)53-58(35)5)19-24(3)30-20-57(4)55-44(30)66-38-14-26(12-32(38)46)34-18-40(52-50-34)48-42(62)36-16-28(22-64-8)54-59(36)6/h9-10,15-18,20,23-26,31-32,37-38,56H,11-14,19,21-22H2,1-8H3,(H2,47,48,49,50,51,52,53,54,61,62)/p+1/t24?,25-,26+,31+,32-,37-,38+/m0/s1. The number of hydrogen-bond acceptors (Lipinski definition) is 12. The Bertz CT molecular complexity index is 2650. The quantitative estimate of drug-likeness (QED) is 0.0831. The van der Waals surface area contributed by atoms with E-state index < -0.39 is 24.6 Å². The van der Waals surface area contributed by atoms with Gasteiger partial charge in [-0.1, -0.05) is 25.5 Å². The van der Waals surface area contributed by atoms with E-state index in [0.29, 0.717) is 76.9 Å². The zero-order valence-electron chi connectivity index (χ0n) is 38.3. The van der Waals surface area contributed by atoms with Gasteiger partial charge in [0.15, 0.2) is 24.4 Å². The molecule has 0 aromatic carbocycles. The van der Waals surface area contributed by atoms with Gasteiger partial charge in [-0.25, -0.2) is 8.78 Å². The van der Waals surface area contributed by atoms with Gasteiger partial charge in [-0.05, 0) is 43.7 Å². The molecule has 2 saturated carbocycles. The molecule has 7 atom stereocenters. The minimum absolute atomic E-state index is 0.0504. The van der Waals surface area contributed by atoms with E-state index in [1.807, 2.05) is 39.2 Å². The van der Waals surface area contributed by atoms with Crippen molar-refractivity contribution in [2.75, 3.05) is 24.9 Å². The molecule has 1 unspecified atom stereocenters. The molecule has 22 heteroatoms. The third-order valence-corrected chi connectivity index (χ3v) is 12.2. The van der Waals surface area contributed by atoms with Crippen molar-refractivity contribution in [1.82, 2.24) is 54.8 Å². The molecule has 0 radical (unpaired) electrons. The number of methoxy groups -OCH3 is 2. The molecule has 8 rings (SSSR count). The Morgan fingerprint density at radius 2 is 1.27 bits per heavy atom. The number of halogens is 2. The number of nitrogens with zero attached hydrogens (tertiary/aromatic N) is 10. The highest BCUT2D eigenvalue weighted by molar-refractivity contribution is 6.03. The van der Waals surface area contributed by atoms with Crippen molar-refractivity contribution >= 4 is 23.5 Å². The second kappa shape index (κ2) is 19.5. The van der Waals surface area contributed by atoms with Gasteiger partial charge in [-0.2, -0.15) is 20.4 Å². The lowest BCUT2D eigenvalue weighted by molar-refractivity contribution is -0.756. The van der Waals surface area contributed by atoms with Crippen LogP contribution in [0.3, 0.4) is 0 Å². The van der Waals surface area contributed by atoms with Crippen LogP contribution in [0.2, 0.25) is 0 Å². The molecule has 2 aliphatic carbocycles. The molecule has 66 heavy (non-hydrogen) atoms.